The molecule has 1 heterocycles. The van der Waals surface area contributed by atoms with Gasteiger partial charge in [-0.1, -0.05) is 29.8 Å². The highest BCUT2D eigenvalue weighted by Gasteiger charge is 2.23. The third kappa shape index (κ3) is 2.47. The van der Waals surface area contributed by atoms with Crippen molar-refractivity contribution in [3.8, 4) is 5.75 Å². The number of benzene rings is 2. The van der Waals surface area contributed by atoms with Gasteiger partial charge in [0.25, 0.3) is 0 Å². The van der Waals surface area contributed by atoms with E-state index < -0.39 is 0 Å². The first-order valence-corrected chi connectivity index (χ1v) is 7.57. The number of fused-ring (bicyclic) bond motifs is 1. The van der Waals surface area contributed by atoms with Crippen LogP contribution in [0.3, 0.4) is 0 Å². The fourth-order valence-electron chi connectivity index (χ4n) is 2.42. The normalized spacial score (nSPS) is 14.9. The summed E-state index contributed by atoms with van der Waals surface area (Å²) in [5.41, 5.74) is 9.65. The van der Waals surface area contributed by atoms with E-state index in [2.05, 4.69) is 34.7 Å². The Bertz CT molecular complexity index is 630. The Hall–Kier alpha value is -0.780. The molecule has 2 aromatic rings. The molecule has 2 aromatic carbocycles. The molecule has 19 heavy (non-hydrogen) atoms. The zero-order chi connectivity index (χ0) is 13.4. The molecule has 0 aromatic heterocycles. The van der Waals surface area contributed by atoms with Crippen LogP contribution in [0.25, 0.3) is 0 Å². The predicted molar refractivity (Wildman–Crippen MR) is 85.8 cm³/mol. The molecular weight excluding hydrogens is 373 g/mol. The van der Waals surface area contributed by atoms with Gasteiger partial charge in [0.15, 0.2) is 0 Å². The zero-order valence-corrected chi connectivity index (χ0v) is 13.1. The summed E-state index contributed by atoms with van der Waals surface area (Å²) in [6, 6.07) is 11.8. The molecule has 1 unspecified atom stereocenters. The average Bonchev–Trinajstić information content (AvgIpc) is 2.85. The summed E-state index contributed by atoms with van der Waals surface area (Å²) in [6.07, 6.45) is 0.904. The van der Waals surface area contributed by atoms with Crippen molar-refractivity contribution in [2.45, 2.75) is 12.5 Å². The minimum absolute atomic E-state index is 0.210. The number of halogens is 2. The van der Waals surface area contributed by atoms with Crippen molar-refractivity contribution in [2.75, 3.05) is 6.61 Å². The summed E-state index contributed by atoms with van der Waals surface area (Å²) in [7, 11) is 0. The molecule has 0 radical (unpaired) electrons. The first-order valence-electron chi connectivity index (χ1n) is 6.12. The largest absolute Gasteiger partial charge is 0.493 e. The minimum atomic E-state index is -0.210. The van der Waals surface area contributed by atoms with Gasteiger partial charge in [0.1, 0.15) is 5.75 Å². The molecule has 0 saturated heterocycles. The molecule has 1 aliphatic rings. The van der Waals surface area contributed by atoms with Gasteiger partial charge >= 0.3 is 0 Å². The van der Waals surface area contributed by atoms with Crippen LogP contribution in [0, 0.1) is 3.57 Å². The van der Waals surface area contributed by atoms with Crippen LogP contribution in [-0.4, -0.2) is 6.61 Å². The SMILES string of the molecule is NC(c1ccccc1I)c1cc(Cl)cc2c1OCC2. The summed E-state index contributed by atoms with van der Waals surface area (Å²) in [6.45, 7) is 0.710. The Morgan fingerprint density at radius 1 is 1.21 bits per heavy atom. The molecule has 2 nitrogen and oxygen atoms in total. The van der Waals surface area contributed by atoms with Gasteiger partial charge in [-0.25, -0.2) is 0 Å². The van der Waals surface area contributed by atoms with E-state index in [1.165, 1.54) is 0 Å². The number of nitrogens with two attached hydrogens (primary N) is 1. The van der Waals surface area contributed by atoms with Crippen molar-refractivity contribution in [3.63, 3.8) is 0 Å². The highest BCUT2D eigenvalue weighted by molar-refractivity contribution is 14.1. The lowest BCUT2D eigenvalue weighted by Crippen LogP contribution is -2.14. The van der Waals surface area contributed by atoms with Crippen molar-refractivity contribution < 1.29 is 4.74 Å². The van der Waals surface area contributed by atoms with Crippen LogP contribution in [0.15, 0.2) is 36.4 Å². The monoisotopic (exact) mass is 385 g/mol. The van der Waals surface area contributed by atoms with E-state index >= 15 is 0 Å². The number of hydrogen-bond donors (Lipinski definition) is 1. The summed E-state index contributed by atoms with van der Waals surface area (Å²) in [5, 5.41) is 0.723. The minimum Gasteiger partial charge on any atom is -0.493 e. The Kier molecular flexibility index (Phi) is 3.69. The molecule has 98 valence electrons. The molecule has 0 spiro atoms. The predicted octanol–water partition coefficient (Wildman–Crippen LogP) is 3.93. The lowest BCUT2D eigenvalue weighted by molar-refractivity contribution is 0.352. The molecule has 0 aliphatic carbocycles. The quantitative estimate of drug-likeness (QED) is 0.795. The molecule has 1 atom stereocenters. The van der Waals surface area contributed by atoms with Gasteiger partial charge in [0.05, 0.1) is 12.6 Å². The van der Waals surface area contributed by atoms with E-state index in [-0.39, 0.29) is 6.04 Å². The summed E-state index contributed by atoms with van der Waals surface area (Å²) in [5.74, 6) is 0.913. The van der Waals surface area contributed by atoms with Crippen molar-refractivity contribution >= 4 is 34.2 Å². The van der Waals surface area contributed by atoms with E-state index in [0.717, 1.165) is 37.5 Å². The molecule has 0 amide bonds. The number of hydrogen-bond acceptors (Lipinski definition) is 2. The maximum atomic E-state index is 6.42. The van der Waals surface area contributed by atoms with Gasteiger partial charge in [0, 0.05) is 20.6 Å². The van der Waals surface area contributed by atoms with Crippen molar-refractivity contribution in [1.82, 2.24) is 0 Å². The number of rotatable bonds is 2. The smallest absolute Gasteiger partial charge is 0.127 e. The van der Waals surface area contributed by atoms with Crippen LogP contribution in [-0.2, 0) is 6.42 Å². The molecule has 0 saturated carbocycles. The van der Waals surface area contributed by atoms with E-state index in [4.69, 9.17) is 22.1 Å². The Morgan fingerprint density at radius 3 is 2.79 bits per heavy atom. The van der Waals surface area contributed by atoms with Crippen molar-refractivity contribution in [2.24, 2.45) is 5.73 Å². The second kappa shape index (κ2) is 5.31. The van der Waals surface area contributed by atoms with E-state index in [1.54, 1.807) is 0 Å². The molecule has 0 bridgehead atoms. The van der Waals surface area contributed by atoms with Gasteiger partial charge in [0.2, 0.25) is 0 Å². The van der Waals surface area contributed by atoms with Crippen LogP contribution in [0.1, 0.15) is 22.7 Å². The van der Waals surface area contributed by atoms with Gasteiger partial charge in [-0.3, -0.25) is 0 Å². The van der Waals surface area contributed by atoms with E-state index in [0.29, 0.717) is 6.61 Å². The highest BCUT2D eigenvalue weighted by Crippen LogP contribution is 2.38. The lowest BCUT2D eigenvalue weighted by Gasteiger charge is -2.17. The fraction of sp³-hybridized carbons (Fsp3) is 0.200. The van der Waals surface area contributed by atoms with Crippen LogP contribution in [0.2, 0.25) is 5.02 Å². The maximum Gasteiger partial charge on any atom is 0.127 e. The van der Waals surface area contributed by atoms with Gasteiger partial charge in [-0.15, -0.1) is 0 Å². The zero-order valence-electron chi connectivity index (χ0n) is 10.2. The second-order valence-electron chi connectivity index (χ2n) is 4.58. The highest BCUT2D eigenvalue weighted by atomic mass is 127. The van der Waals surface area contributed by atoms with Crippen molar-refractivity contribution in [3.05, 3.63) is 61.7 Å². The molecule has 2 N–H and O–H groups in total. The van der Waals surface area contributed by atoms with E-state index in [9.17, 15) is 0 Å². The second-order valence-corrected chi connectivity index (χ2v) is 6.18. The maximum absolute atomic E-state index is 6.42. The topological polar surface area (TPSA) is 35.2 Å². The van der Waals surface area contributed by atoms with Gasteiger partial charge < -0.3 is 10.5 Å². The van der Waals surface area contributed by atoms with Crippen LogP contribution in [0.5, 0.6) is 5.75 Å². The molecule has 3 rings (SSSR count). The third-order valence-electron chi connectivity index (χ3n) is 3.35. The van der Waals surface area contributed by atoms with Gasteiger partial charge in [-0.2, -0.15) is 0 Å². The summed E-state index contributed by atoms with van der Waals surface area (Å²) >= 11 is 8.49. The first-order chi connectivity index (χ1) is 9.16. The van der Waals surface area contributed by atoms with Crippen LogP contribution >= 0.6 is 34.2 Å². The molecule has 0 fully saturated rings. The Balaban J connectivity index is 2.10. The first kappa shape index (κ1) is 13.2. The van der Waals surface area contributed by atoms with E-state index in [1.807, 2.05) is 24.3 Å². The summed E-state index contributed by atoms with van der Waals surface area (Å²) in [4.78, 5) is 0. The Morgan fingerprint density at radius 2 is 2.00 bits per heavy atom. The average molecular weight is 386 g/mol. The molecule has 4 heteroatoms. The number of ether oxygens (including phenoxy) is 1. The van der Waals surface area contributed by atoms with Gasteiger partial charge in [-0.05, 0) is 51.9 Å². The summed E-state index contributed by atoms with van der Waals surface area (Å²) < 4.78 is 6.88. The van der Waals surface area contributed by atoms with Crippen LogP contribution in [0.4, 0.5) is 0 Å². The fourth-order valence-corrected chi connectivity index (χ4v) is 3.40. The third-order valence-corrected chi connectivity index (χ3v) is 4.55. The standard InChI is InChI=1S/C15H13ClINO/c16-10-7-9-5-6-19-15(9)12(8-10)14(18)11-3-1-2-4-13(11)17/h1-4,7-8,14H,5-6,18H2. The molecular formula is C15H13ClINO. The Labute approximate surface area is 131 Å². The van der Waals surface area contributed by atoms with Crippen molar-refractivity contribution in [1.29, 1.82) is 0 Å². The molecule has 1 aliphatic heterocycles. The van der Waals surface area contributed by atoms with Crippen LogP contribution < -0.4 is 10.5 Å². The lowest BCUT2D eigenvalue weighted by atomic mass is 9.96.